The Bertz CT molecular complexity index is 531. The van der Waals surface area contributed by atoms with Crippen molar-refractivity contribution in [1.29, 1.82) is 0 Å². The van der Waals surface area contributed by atoms with Gasteiger partial charge in [0.25, 0.3) is 0 Å². The number of rotatable bonds is 5. The molecule has 0 radical (unpaired) electrons. The summed E-state index contributed by atoms with van der Waals surface area (Å²) in [6, 6.07) is 4.50. The van der Waals surface area contributed by atoms with Crippen LogP contribution in [0.25, 0.3) is 0 Å². The molecule has 1 aromatic rings. The third kappa shape index (κ3) is 4.15. The Labute approximate surface area is 141 Å². The molecule has 4 nitrogen and oxygen atoms in total. The number of ether oxygens (including phenoxy) is 2. The van der Waals surface area contributed by atoms with Gasteiger partial charge in [-0.25, -0.2) is 4.39 Å². The third-order valence-corrected chi connectivity index (χ3v) is 5.10. The van der Waals surface area contributed by atoms with Crippen molar-refractivity contribution in [2.75, 3.05) is 32.9 Å². The van der Waals surface area contributed by atoms with Gasteiger partial charge in [0.2, 0.25) is 0 Å². The molecule has 0 bridgehead atoms. The molecular weight excluding hydrogens is 321 g/mol. The molecule has 0 aromatic heterocycles. The lowest BCUT2D eigenvalue weighted by molar-refractivity contribution is -0.0634. The third-order valence-electron chi connectivity index (χ3n) is 4.80. The van der Waals surface area contributed by atoms with Gasteiger partial charge in [-0.05, 0) is 44.0 Å². The van der Waals surface area contributed by atoms with Gasteiger partial charge < -0.3 is 14.6 Å². The van der Waals surface area contributed by atoms with Crippen LogP contribution in [0.2, 0.25) is 5.02 Å². The molecule has 0 saturated carbocycles. The highest BCUT2D eigenvalue weighted by molar-refractivity contribution is 6.32. The van der Waals surface area contributed by atoms with Crippen LogP contribution < -0.4 is 4.74 Å². The Morgan fingerprint density at radius 3 is 3.04 bits per heavy atom. The Morgan fingerprint density at radius 1 is 1.39 bits per heavy atom. The molecule has 23 heavy (non-hydrogen) atoms. The molecule has 2 aliphatic rings. The number of likely N-dealkylation sites (tertiary alicyclic amines) is 1. The van der Waals surface area contributed by atoms with Gasteiger partial charge in [-0.2, -0.15) is 0 Å². The smallest absolute Gasteiger partial charge is 0.138 e. The Balaban J connectivity index is 1.52. The van der Waals surface area contributed by atoms with Crippen LogP contribution in [-0.2, 0) is 4.74 Å². The Morgan fingerprint density at radius 2 is 2.26 bits per heavy atom. The van der Waals surface area contributed by atoms with E-state index in [2.05, 4.69) is 4.90 Å². The maximum atomic E-state index is 13.0. The Kier molecular flexibility index (Phi) is 5.75. The molecule has 0 spiro atoms. The van der Waals surface area contributed by atoms with Gasteiger partial charge in [0.05, 0.1) is 17.7 Å². The largest absolute Gasteiger partial charge is 0.491 e. The van der Waals surface area contributed by atoms with Crippen molar-refractivity contribution in [2.45, 2.75) is 31.4 Å². The second-order valence-electron chi connectivity index (χ2n) is 6.26. The van der Waals surface area contributed by atoms with E-state index >= 15 is 0 Å². The standard InChI is InChI=1S/C17H23ClFNO3/c18-14-10-12(19)3-4-17(14)23-9-7-20-6-1-2-15(20)13-11-22-8-5-16(13)21/h3-4,10,13,15-16,21H,1-2,5-9,11H2. The molecule has 0 amide bonds. The zero-order chi connectivity index (χ0) is 16.2. The average molecular weight is 344 g/mol. The van der Waals surface area contributed by atoms with E-state index in [4.69, 9.17) is 21.1 Å². The molecule has 128 valence electrons. The second-order valence-corrected chi connectivity index (χ2v) is 6.67. The quantitative estimate of drug-likeness (QED) is 0.892. The summed E-state index contributed by atoms with van der Waals surface area (Å²) in [5, 5.41) is 10.5. The van der Waals surface area contributed by atoms with Crippen LogP contribution in [0, 0.1) is 11.7 Å². The van der Waals surface area contributed by atoms with Crippen LogP contribution in [0.4, 0.5) is 4.39 Å². The highest BCUT2D eigenvalue weighted by Crippen LogP contribution is 2.30. The highest BCUT2D eigenvalue weighted by atomic mass is 35.5. The van der Waals surface area contributed by atoms with Crippen LogP contribution in [-0.4, -0.2) is 55.1 Å². The second kappa shape index (κ2) is 7.79. The zero-order valence-electron chi connectivity index (χ0n) is 13.1. The molecule has 2 aliphatic heterocycles. The van der Waals surface area contributed by atoms with Gasteiger partial charge in [0, 0.05) is 25.1 Å². The number of aliphatic hydroxyl groups is 1. The fourth-order valence-corrected chi connectivity index (χ4v) is 3.82. The molecule has 1 N–H and O–H groups in total. The topological polar surface area (TPSA) is 41.9 Å². The number of nitrogens with zero attached hydrogens (tertiary/aromatic N) is 1. The number of benzene rings is 1. The molecule has 3 atom stereocenters. The van der Waals surface area contributed by atoms with Gasteiger partial charge in [-0.3, -0.25) is 4.90 Å². The fraction of sp³-hybridized carbons (Fsp3) is 0.647. The molecule has 2 saturated heterocycles. The summed E-state index contributed by atoms with van der Waals surface area (Å²) in [6.45, 7) is 3.55. The highest BCUT2D eigenvalue weighted by Gasteiger charge is 2.37. The summed E-state index contributed by atoms with van der Waals surface area (Å²) in [7, 11) is 0. The minimum atomic E-state index is -0.367. The first-order valence-electron chi connectivity index (χ1n) is 8.23. The van der Waals surface area contributed by atoms with E-state index in [1.807, 2.05) is 0 Å². The minimum absolute atomic E-state index is 0.181. The molecule has 0 aliphatic carbocycles. The van der Waals surface area contributed by atoms with Crippen LogP contribution in [0.1, 0.15) is 19.3 Å². The lowest BCUT2D eigenvalue weighted by atomic mass is 9.89. The molecule has 3 unspecified atom stereocenters. The van der Waals surface area contributed by atoms with E-state index < -0.39 is 0 Å². The summed E-state index contributed by atoms with van der Waals surface area (Å²) in [5.41, 5.74) is 0. The van der Waals surface area contributed by atoms with Crippen LogP contribution >= 0.6 is 11.6 Å². The molecule has 3 rings (SSSR count). The molecule has 1 aromatic carbocycles. The van der Waals surface area contributed by atoms with Crippen molar-refractivity contribution in [3.8, 4) is 5.75 Å². The summed E-state index contributed by atoms with van der Waals surface area (Å²) >= 11 is 5.97. The predicted molar refractivity (Wildman–Crippen MR) is 86.4 cm³/mol. The molecular formula is C17H23ClFNO3. The van der Waals surface area contributed by atoms with Crippen molar-refractivity contribution in [3.05, 3.63) is 29.0 Å². The maximum Gasteiger partial charge on any atom is 0.138 e. The first-order chi connectivity index (χ1) is 11.1. The predicted octanol–water partition coefficient (Wildman–Crippen LogP) is 2.72. The van der Waals surface area contributed by atoms with E-state index in [0.717, 1.165) is 32.4 Å². The molecule has 2 heterocycles. The summed E-state index contributed by atoms with van der Waals surface area (Å²) in [6.07, 6.45) is 2.66. The normalized spacial score (nSPS) is 28.9. The molecule has 2 fully saturated rings. The van der Waals surface area contributed by atoms with Crippen molar-refractivity contribution < 1.29 is 19.0 Å². The summed E-state index contributed by atoms with van der Waals surface area (Å²) < 4.78 is 24.3. The van der Waals surface area contributed by atoms with Crippen LogP contribution in [0.3, 0.4) is 0 Å². The number of hydrogen-bond acceptors (Lipinski definition) is 4. The van der Waals surface area contributed by atoms with Gasteiger partial charge in [0.15, 0.2) is 0 Å². The number of aliphatic hydroxyl groups excluding tert-OH is 1. The van der Waals surface area contributed by atoms with Gasteiger partial charge in [-0.15, -0.1) is 0 Å². The average Bonchev–Trinajstić information content (AvgIpc) is 2.98. The van der Waals surface area contributed by atoms with E-state index in [0.29, 0.717) is 36.6 Å². The molecule has 6 heteroatoms. The zero-order valence-corrected chi connectivity index (χ0v) is 13.8. The lowest BCUT2D eigenvalue weighted by Crippen LogP contribution is -2.47. The van der Waals surface area contributed by atoms with Crippen LogP contribution in [0.15, 0.2) is 18.2 Å². The van der Waals surface area contributed by atoms with E-state index in [9.17, 15) is 9.50 Å². The minimum Gasteiger partial charge on any atom is -0.491 e. The van der Waals surface area contributed by atoms with E-state index in [-0.39, 0.29) is 17.8 Å². The Hall–Kier alpha value is -0.880. The van der Waals surface area contributed by atoms with E-state index in [1.165, 1.54) is 12.1 Å². The lowest BCUT2D eigenvalue weighted by Gasteiger charge is -2.37. The van der Waals surface area contributed by atoms with E-state index in [1.54, 1.807) is 6.07 Å². The van der Waals surface area contributed by atoms with Crippen molar-refractivity contribution >= 4 is 11.6 Å². The fourth-order valence-electron chi connectivity index (χ4n) is 3.60. The monoisotopic (exact) mass is 343 g/mol. The van der Waals surface area contributed by atoms with Crippen molar-refractivity contribution in [3.63, 3.8) is 0 Å². The van der Waals surface area contributed by atoms with Gasteiger partial charge >= 0.3 is 0 Å². The summed E-state index contributed by atoms with van der Waals surface area (Å²) in [4.78, 5) is 2.36. The van der Waals surface area contributed by atoms with Gasteiger partial charge in [0.1, 0.15) is 18.2 Å². The first kappa shape index (κ1) is 17.0. The van der Waals surface area contributed by atoms with Crippen molar-refractivity contribution in [2.24, 2.45) is 5.92 Å². The van der Waals surface area contributed by atoms with Gasteiger partial charge in [-0.1, -0.05) is 11.6 Å². The SMILES string of the molecule is OC1CCOCC1C1CCCN1CCOc1ccc(F)cc1Cl. The maximum absolute atomic E-state index is 13.0. The summed E-state index contributed by atoms with van der Waals surface area (Å²) in [5.74, 6) is 0.318. The van der Waals surface area contributed by atoms with Crippen molar-refractivity contribution in [1.82, 2.24) is 4.90 Å². The number of hydrogen-bond donors (Lipinski definition) is 1. The first-order valence-corrected chi connectivity index (χ1v) is 8.60. The number of halogens is 2. The van der Waals surface area contributed by atoms with Crippen LogP contribution in [0.5, 0.6) is 5.75 Å².